The van der Waals surface area contributed by atoms with Gasteiger partial charge in [0, 0.05) is 19.9 Å². The van der Waals surface area contributed by atoms with Crippen LogP contribution in [0.2, 0.25) is 0 Å². The van der Waals surface area contributed by atoms with Crippen molar-refractivity contribution in [1.29, 1.82) is 0 Å². The van der Waals surface area contributed by atoms with Gasteiger partial charge in [-0.2, -0.15) is 0 Å². The van der Waals surface area contributed by atoms with Gasteiger partial charge in [0.2, 0.25) is 5.91 Å². The summed E-state index contributed by atoms with van der Waals surface area (Å²) in [5, 5.41) is 13.1. The third-order valence-corrected chi connectivity index (χ3v) is 2.55. The Labute approximate surface area is 97.3 Å². The van der Waals surface area contributed by atoms with E-state index < -0.39 is 5.97 Å². The van der Waals surface area contributed by atoms with Crippen LogP contribution in [0.4, 0.5) is 0 Å². The molecule has 1 aromatic rings. The molecule has 0 unspecified atom stereocenters. The Morgan fingerprint density at radius 2 is 2.31 bits per heavy atom. The average Bonchev–Trinajstić information content (AvgIpc) is 2.65. The first-order chi connectivity index (χ1) is 7.61. The fourth-order valence-corrected chi connectivity index (χ4v) is 1.77. The summed E-state index contributed by atoms with van der Waals surface area (Å²) in [6.45, 7) is 1.92. The van der Waals surface area contributed by atoms with Gasteiger partial charge in [-0.15, -0.1) is 11.3 Å². The highest BCUT2D eigenvalue weighted by atomic mass is 32.1. The van der Waals surface area contributed by atoms with Crippen molar-refractivity contribution in [2.45, 2.75) is 13.3 Å². The highest BCUT2D eigenvalue weighted by molar-refractivity contribution is 7.10. The monoisotopic (exact) mass is 237 g/mol. The minimum atomic E-state index is -0.965. The number of hydrogen-bond donors (Lipinski definition) is 2. The number of carbonyl (C=O) groups excluding carboxylic acids is 1. The van der Waals surface area contributed by atoms with Gasteiger partial charge in [-0.25, -0.2) is 4.79 Å². The number of carbonyl (C=O) groups is 2. The SMILES string of the molecule is CC(=O)NCCC#Cc1sccc1C(=O)O. The Balaban J connectivity index is 2.53. The van der Waals surface area contributed by atoms with Gasteiger partial charge in [-0.1, -0.05) is 11.8 Å². The molecule has 0 aliphatic heterocycles. The van der Waals surface area contributed by atoms with Gasteiger partial charge >= 0.3 is 5.97 Å². The van der Waals surface area contributed by atoms with E-state index in [1.54, 1.807) is 5.38 Å². The van der Waals surface area contributed by atoms with E-state index in [0.29, 0.717) is 17.8 Å². The molecule has 0 spiro atoms. The molecule has 0 saturated carbocycles. The van der Waals surface area contributed by atoms with E-state index >= 15 is 0 Å². The topological polar surface area (TPSA) is 66.4 Å². The zero-order valence-electron chi connectivity index (χ0n) is 8.74. The second-order valence-corrected chi connectivity index (χ2v) is 3.92. The summed E-state index contributed by atoms with van der Waals surface area (Å²) in [6.07, 6.45) is 0.510. The lowest BCUT2D eigenvalue weighted by Gasteiger charge is -1.94. The summed E-state index contributed by atoms with van der Waals surface area (Å²) < 4.78 is 0. The van der Waals surface area contributed by atoms with Crippen molar-refractivity contribution in [1.82, 2.24) is 5.32 Å². The van der Waals surface area contributed by atoms with Crippen molar-refractivity contribution in [3.63, 3.8) is 0 Å². The Morgan fingerprint density at radius 3 is 2.94 bits per heavy atom. The van der Waals surface area contributed by atoms with E-state index in [4.69, 9.17) is 5.11 Å². The van der Waals surface area contributed by atoms with Gasteiger partial charge in [-0.3, -0.25) is 4.79 Å². The van der Waals surface area contributed by atoms with Gasteiger partial charge in [-0.05, 0) is 11.4 Å². The van der Waals surface area contributed by atoms with Crippen LogP contribution in [-0.4, -0.2) is 23.5 Å². The molecule has 0 fully saturated rings. The smallest absolute Gasteiger partial charge is 0.337 e. The molecule has 0 atom stereocenters. The molecule has 16 heavy (non-hydrogen) atoms. The molecule has 0 aliphatic rings. The van der Waals surface area contributed by atoms with E-state index in [2.05, 4.69) is 17.2 Å². The molecule has 0 bridgehead atoms. The van der Waals surface area contributed by atoms with E-state index in [-0.39, 0.29) is 11.5 Å². The molecule has 0 radical (unpaired) electrons. The summed E-state index contributed by atoms with van der Waals surface area (Å²) in [4.78, 5) is 21.8. The third-order valence-electron chi connectivity index (χ3n) is 1.72. The lowest BCUT2D eigenvalue weighted by Crippen LogP contribution is -2.20. The number of rotatable bonds is 3. The lowest BCUT2D eigenvalue weighted by atomic mass is 10.2. The maximum atomic E-state index is 10.7. The van der Waals surface area contributed by atoms with E-state index in [0.717, 1.165) is 0 Å². The predicted molar refractivity (Wildman–Crippen MR) is 61.5 cm³/mol. The number of hydrogen-bond acceptors (Lipinski definition) is 3. The third kappa shape index (κ3) is 3.75. The number of amides is 1. The Kier molecular flexibility index (Phi) is 4.55. The minimum absolute atomic E-state index is 0.0934. The molecule has 5 heteroatoms. The number of carboxylic acids is 1. The van der Waals surface area contributed by atoms with Gasteiger partial charge in [0.25, 0.3) is 0 Å². The summed E-state index contributed by atoms with van der Waals surface area (Å²) >= 11 is 1.30. The van der Waals surface area contributed by atoms with Crippen LogP contribution in [0.5, 0.6) is 0 Å². The molecule has 0 saturated heterocycles. The fourth-order valence-electron chi connectivity index (χ4n) is 1.02. The predicted octanol–water partition coefficient (Wildman–Crippen LogP) is 1.32. The molecule has 1 amide bonds. The summed E-state index contributed by atoms with van der Waals surface area (Å²) in [6, 6.07) is 1.53. The van der Waals surface area contributed by atoms with Crippen LogP contribution >= 0.6 is 11.3 Å². The van der Waals surface area contributed by atoms with Gasteiger partial charge in [0.15, 0.2) is 0 Å². The van der Waals surface area contributed by atoms with Crippen molar-refractivity contribution in [3.05, 3.63) is 21.9 Å². The van der Waals surface area contributed by atoms with E-state index in [1.165, 1.54) is 24.3 Å². The Morgan fingerprint density at radius 1 is 1.56 bits per heavy atom. The normalized spacial score (nSPS) is 9.06. The minimum Gasteiger partial charge on any atom is -0.478 e. The van der Waals surface area contributed by atoms with Crippen LogP contribution in [-0.2, 0) is 4.79 Å². The van der Waals surface area contributed by atoms with Crippen LogP contribution in [0.25, 0.3) is 0 Å². The number of thiophene rings is 1. The zero-order valence-corrected chi connectivity index (χ0v) is 9.56. The molecule has 1 rings (SSSR count). The van der Waals surface area contributed by atoms with Crippen molar-refractivity contribution in [3.8, 4) is 11.8 Å². The highest BCUT2D eigenvalue weighted by Crippen LogP contribution is 2.14. The summed E-state index contributed by atoms with van der Waals surface area (Å²) in [5.41, 5.74) is 0.233. The molecule has 4 nitrogen and oxygen atoms in total. The van der Waals surface area contributed by atoms with E-state index in [1.807, 2.05) is 0 Å². The van der Waals surface area contributed by atoms with Crippen molar-refractivity contribution < 1.29 is 14.7 Å². The Hall–Kier alpha value is -1.80. The second kappa shape index (κ2) is 5.93. The van der Waals surface area contributed by atoms with Crippen LogP contribution in [0, 0.1) is 11.8 Å². The second-order valence-electron chi connectivity index (χ2n) is 3.00. The average molecular weight is 237 g/mol. The molecule has 0 aromatic carbocycles. The Bertz CT molecular complexity index is 453. The quantitative estimate of drug-likeness (QED) is 0.615. The van der Waals surface area contributed by atoms with E-state index in [9.17, 15) is 9.59 Å². The standard InChI is InChI=1S/C11H11NO3S/c1-8(13)12-6-3-2-4-10-9(11(14)15)5-7-16-10/h5,7H,3,6H2,1H3,(H,12,13)(H,14,15). The highest BCUT2D eigenvalue weighted by Gasteiger charge is 2.08. The van der Waals surface area contributed by atoms with Crippen LogP contribution in [0.1, 0.15) is 28.6 Å². The summed E-state index contributed by atoms with van der Waals surface area (Å²) in [7, 11) is 0. The fraction of sp³-hybridized carbons (Fsp3) is 0.273. The zero-order chi connectivity index (χ0) is 12.0. The van der Waals surface area contributed by atoms with Gasteiger partial charge in [0.05, 0.1) is 10.4 Å². The number of aromatic carboxylic acids is 1. The van der Waals surface area contributed by atoms with Crippen molar-refractivity contribution >= 4 is 23.2 Å². The van der Waals surface area contributed by atoms with Gasteiger partial charge < -0.3 is 10.4 Å². The maximum absolute atomic E-state index is 10.7. The molecule has 84 valence electrons. The van der Waals surface area contributed by atoms with Crippen molar-refractivity contribution in [2.75, 3.05) is 6.54 Å². The molecule has 1 heterocycles. The summed E-state index contributed by atoms with van der Waals surface area (Å²) in [5.74, 6) is 4.55. The molecule has 0 aliphatic carbocycles. The first-order valence-electron chi connectivity index (χ1n) is 4.65. The first kappa shape index (κ1) is 12.3. The van der Waals surface area contributed by atoms with Gasteiger partial charge in [0.1, 0.15) is 0 Å². The lowest BCUT2D eigenvalue weighted by molar-refractivity contribution is -0.118. The molecular formula is C11H11NO3S. The van der Waals surface area contributed by atoms with Crippen molar-refractivity contribution in [2.24, 2.45) is 0 Å². The number of nitrogens with one attached hydrogen (secondary N) is 1. The largest absolute Gasteiger partial charge is 0.478 e. The first-order valence-corrected chi connectivity index (χ1v) is 5.53. The number of carboxylic acid groups (broad SMARTS) is 1. The van der Waals surface area contributed by atoms with Crippen LogP contribution < -0.4 is 5.32 Å². The molecular weight excluding hydrogens is 226 g/mol. The molecule has 1 aromatic heterocycles. The van der Waals surface area contributed by atoms with Crippen LogP contribution in [0.3, 0.4) is 0 Å². The van der Waals surface area contributed by atoms with Crippen LogP contribution in [0.15, 0.2) is 11.4 Å². The maximum Gasteiger partial charge on any atom is 0.337 e. The molecule has 2 N–H and O–H groups in total.